The minimum absolute atomic E-state index is 0.0354. The van der Waals surface area contributed by atoms with Crippen molar-refractivity contribution in [2.24, 2.45) is 0 Å². The molecule has 0 amide bonds. The third-order valence-electron chi connectivity index (χ3n) is 4.44. The van der Waals surface area contributed by atoms with Gasteiger partial charge in [-0.1, -0.05) is 23.2 Å². The van der Waals surface area contributed by atoms with Gasteiger partial charge in [0.15, 0.2) is 5.75 Å². The van der Waals surface area contributed by atoms with Crippen molar-refractivity contribution in [3.63, 3.8) is 0 Å². The molecule has 0 saturated heterocycles. The Labute approximate surface area is 188 Å². The van der Waals surface area contributed by atoms with E-state index < -0.39 is 22.9 Å². The zero-order valence-corrected chi connectivity index (χ0v) is 17.6. The molecule has 12 heteroatoms. The van der Waals surface area contributed by atoms with Gasteiger partial charge in [-0.05, 0) is 30.3 Å². The number of nitrogens with zero attached hydrogens (tertiary/aromatic N) is 3. The van der Waals surface area contributed by atoms with Crippen LogP contribution in [-0.2, 0) is 4.74 Å². The number of hydrogen-bond acceptors (Lipinski definition) is 7. The molecule has 0 atom stereocenters. The first kappa shape index (κ1) is 21.2. The molecule has 160 valence electrons. The predicted octanol–water partition coefficient (Wildman–Crippen LogP) is 3.16. The van der Waals surface area contributed by atoms with Crippen LogP contribution in [0.5, 0.6) is 11.5 Å². The Morgan fingerprint density at radius 1 is 1.19 bits per heavy atom. The number of rotatable bonds is 4. The second kappa shape index (κ2) is 8.22. The van der Waals surface area contributed by atoms with Crippen LogP contribution < -0.4 is 16.0 Å². The number of benzene rings is 2. The Hall–Kier alpha value is -4.07. The van der Waals surface area contributed by atoms with Gasteiger partial charge in [0.05, 0.1) is 28.4 Å². The summed E-state index contributed by atoms with van der Waals surface area (Å²) in [5.41, 5.74) is -1.14. The average Bonchev–Trinajstić information content (AvgIpc) is 3.19. The Bertz CT molecular complexity index is 1520. The molecule has 0 spiro atoms. The molecule has 32 heavy (non-hydrogen) atoms. The first-order valence-corrected chi connectivity index (χ1v) is 9.58. The molecule has 0 aliphatic heterocycles. The van der Waals surface area contributed by atoms with Crippen molar-refractivity contribution in [2.45, 2.75) is 0 Å². The first-order valence-electron chi connectivity index (χ1n) is 8.83. The average molecular weight is 472 g/mol. The van der Waals surface area contributed by atoms with Gasteiger partial charge in [0, 0.05) is 17.1 Å². The summed E-state index contributed by atoms with van der Waals surface area (Å²) in [7, 11) is 1.28. The molecular weight excluding hydrogens is 461 g/mol. The molecule has 4 aromatic rings. The van der Waals surface area contributed by atoms with Crippen LogP contribution in [0.4, 0.5) is 0 Å². The number of nitriles is 1. The third-order valence-corrected chi connectivity index (χ3v) is 5.00. The van der Waals surface area contributed by atoms with E-state index in [1.54, 1.807) is 24.3 Å². The minimum Gasteiger partial charge on any atom is -0.465 e. The van der Waals surface area contributed by atoms with Crippen LogP contribution >= 0.6 is 23.2 Å². The van der Waals surface area contributed by atoms with E-state index in [0.717, 1.165) is 4.68 Å². The lowest BCUT2D eigenvalue weighted by Gasteiger charge is -2.12. The topological polar surface area (TPSA) is 143 Å². The standard InChI is InChI=1S/C20H11Cl2N5O5/c1-31-19(29)12-8-24-15-3-2-10(6-11(12)15)32-17-13(21)4-9(5-14(17)22)27-20(30)25-18(28)16(7-23)26-27/h2-6,8,24H,1H3,(H,25,28,30). The predicted molar refractivity (Wildman–Crippen MR) is 115 cm³/mol. The van der Waals surface area contributed by atoms with Gasteiger partial charge in [0.1, 0.15) is 11.8 Å². The summed E-state index contributed by atoms with van der Waals surface area (Å²) in [6, 6.07) is 9.24. The summed E-state index contributed by atoms with van der Waals surface area (Å²) in [6.07, 6.45) is 1.53. The summed E-state index contributed by atoms with van der Waals surface area (Å²) in [5.74, 6) is -0.0844. The highest BCUT2D eigenvalue weighted by Crippen LogP contribution is 2.39. The third kappa shape index (κ3) is 3.71. The molecule has 0 radical (unpaired) electrons. The van der Waals surface area contributed by atoms with Crippen LogP contribution in [-0.4, -0.2) is 32.8 Å². The maximum atomic E-state index is 12.1. The highest BCUT2D eigenvalue weighted by Gasteiger charge is 2.17. The summed E-state index contributed by atoms with van der Waals surface area (Å²) in [6.45, 7) is 0. The van der Waals surface area contributed by atoms with E-state index in [4.69, 9.17) is 37.9 Å². The van der Waals surface area contributed by atoms with Gasteiger partial charge in [-0.25, -0.2) is 9.59 Å². The molecule has 2 aromatic heterocycles. The van der Waals surface area contributed by atoms with Gasteiger partial charge in [0.25, 0.3) is 5.56 Å². The van der Waals surface area contributed by atoms with Crippen LogP contribution in [0.25, 0.3) is 16.6 Å². The Morgan fingerprint density at radius 3 is 2.56 bits per heavy atom. The molecule has 0 aliphatic rings. The summed E-state index contributed by atoms with van der Waals surface area (Å²) in [4.78, 5) is 40.5. The Balaban J connectivity index is 1.74. The van der Waals surface area contributed by atoms with Crippen molar-refractivity contribution in [3.05, 3.63) is 78.7 Å². The molecule has 2 aromatic carbocycles. The lowest BCUT2D eigenvalue weighted by Crippen LogP contribution is -2.33. The molecule has 2 heterocycles. The lowest BCUT2D eigenvalue weighted by atomic mass is 10.1. The SMILES string of the molecule is COC(=O)c1c[nH]c2ccc(Oc3c(Cl)cc(-n4nc(C#N)c(=O)[nH]c4=O)cc3Cl)cc12. The first-order chi connectivity index (χ1) is 15.3. The maximum absolute atomic E-state index is 12.1. The minimum atomic E-state index is -0.905. The second-order valence-corrected chi connectivity index (χ2v) is 7.19. The van der Waals surface area contributed by atoms with Crippen molar-refractivity contribution in [3.8, 4) is 23.3 Å². The van der Waals surface area contributed by atoms with Gasteiger partial charge in [-0.15, -0.1) is 5.10 Å². The number of aromatic nitrogens is 4. The zero-order valence-electron chi connectivity index (χ0n) is 16.1. The van der Waals surface area contributed by atoms with Crippen molar-refractivity contribution < 1.29 is 14.3 Å². The largest absolute Gasteiger partial charge is 0.465 e. The molecule has 4 rings (SSSR count). The summed E-state index contributed by atoms with van der Waals surface area (Å²) < 4.78 is 11.4. The number of hydrogen-bond donors (Lipinski definition) is 2. The molecule has 2 N–H and O–H groups in total. The van der Waals surface area contributed by atoms with Crippen LogP contribution in [0.15, 0.2) is 46.1 Å². The van der Waals surface area contributed by atoms with E-state index in [0.29, 0.717) is 22.2 Å². The molecular formula is C20H11Cl2N5O5. The van der Waals surface area contributed by atoms with Crippen molar-refractivity contribution in [1.29, 1.82) is 5.26 Å². The van der Waals surface area contributed by atoms with Crippen LogP contribution in [0.1, 0.15) is 16.1 Å². The van der Waals surface area contributed by atoms with E-state index in [1.165, 1.54) is 25.4 Å². The number of halogens is 2. The molecule has 0 unspecified atom stereocenters. The summed E-state index contributed by atoms with van der Waals surface area (Å²) >= 11 is 12.6. The molecule has 0 fully saturated rings. The highest BCUT2D eigenvalue weighted by molar-refractivity contribution is 6.37. The van der Waals surface area contributed by atoms with Crippen LogP contribution in [0, 0.1) is 11.3 Å². The van der Waals surface area contributed by atoms with Crippen LogP contribution in [0.3, 0.4) is 0 Å². The van der Waals surface area contributed by atoms with E-state index in [2.05, 4.69) is 10.1 Å². The maximum Gasteiger partial charge on any atom is 0.349 e. The summed E-state index contributed by atoms with van der Waals surface area (Å²) in [5, 5.41) is 13.3. The number of ether oxygens (including phenoxy) is 2. The van der Waals surface area contributed by atoms with Crippen molar-refractivity contribution >= 4 is 40.1 Å². The Morgan fingerprint density at radius 2 is 1.91 bits per heavy atom. The van der Waals surface area contributed by atoms with Gasteiger partial charge < -0.3 is 14.5 Å². The van der Waals surface area contributed by atoms with Crippen LogP contribution in [0.2, 0.25) is 10.0 Å². The number of fused-ring (bicyclic) bond motifs is 1. The number of methoxy groups -OCH3 is 1. The van der Waals surface area contributed by atoms with E-state index in [9.17, 15) is 14.4 Å². The fourth-order valence-electron chi connectivity index (χ4n) is 2.97. The molecule has 0 saturated carbocycles. The second-order valence-electron chi connectivity index (χ2n) is 6.37. The number of H-pyrrole nitrogens is 2. The molecule has 0 bridgehead atoms. The monoisotopic (exact) mass is 471 g/mol. The number of nitrogens with one attached hydrogen (secondary N) is 2. The van der Waals surface area contributed by atoms with Gasteiger partial charge in [-0.2, -0.15) is 9.94 Å². The normalized spacial score (nSPS) is 10.7. The van der Waals surface area contributed by atoms with E-state index in [1.807, 2.05) is 4.98 Å². The number of carbonyl (C=O) groups is 1. The molecule has 10 nitrogen and oxygen atoms in total. The fraction of sp³-hybridized carbons (Fsp3) is 0.0500. The zero-order chi connectivity index (χ0) is 23.0. The quantitative estimate of drug-likeness (QED) is 0.435. The number of aromatic amines is 2. The number of carbonyl (C=O) groups excluding carboxylic acids is 1. The number of esters is 1. The van der Waals surface area contributed by atoms with Gasteiger partial charge >= 0.3 is 11.7 Å². The Kier molecular flexibility index (Phi) is 5.44. The van der Waals surface area contributed by atoms with E-state index >= 15 is 0 Å². The highest BCUT2D eigenvalue weighted by atomic mass is 35.5. The lowest BCUT2D eigenvalue weighted by molar-refractivity contribution is 0.0603. The van der Waals surface area contributed by atoms with Gasteiger partial charge in [-0.3, -0.25) is 9.78 Å². The van der Waals surface area contributed by atoms with Gasteiger partial charge in [0.2, 0.25) is 5.69 Å². The van der Waals surface area contributed by atoms with Crippen molar-refractivity contribution in [1.82, 2.24) is 19.7 Å². The van der Waals surface area contributed by atoms with E-state index in [-0.39, 0.29) is 21.5 Å². The molecule has 0 aliphatic carbocycles. The smallest absolute Gasteiger partial charge is 0.349 e. The van der Waals surface area contributed by atoms with Crippen molar-refractivity contribution in [2.75, 3.05) is 7.11 Å². The fourth-order valence-corrected chi connectivity index (χ4v) is 3.53.